The highest BCUT2D eigenvalue weighted by Crippen LogP contribution is 2.35. The zero-order valence-corrected chi connectivity index (χ0v) is 16.8. The van der Waals surface area contributed by atoms with E-state index in [0.29, 0.717) is 29.7 Å². The maximum atomic E-state index is 12.7. The Labute approximate surface area is 164 Å². The fourth-order valence-corrected chi connectivity index (χ4v) is 4.26. The van der Waals surface area contributed by atoms with E-state index in [1.54, 1.807) is 20.3 Å². The summed E-state index contributed by atoms with van der Waals surface area (Å²) in [6.45, 7) is 8.32. The normalized spacial score (nSPS) is 19.4. The average molecular weight is 388 g/mol. The van der Waals surface area contributed by atoms with E-state index >= 15 is 0 Å². The maximum Gasteiger partial charge on any atom is 0.341 e. The third kappa shape index (κ3) is 3.62. The second-order valence-corrected chi connectivity index (χ2v) is 7.53. The lowest BCUT2D eigenvalue weighted by molar-refractivity contribution is 0.0229. The number of morpholine rings is 1. The molecule has 4 rings (SSSR count). The molecule has 0 saturated carbocycles. The number of ether oxygens (including phenoxy) is 3. The molecule has 1 saturated heterocycles. The van der Waals surface area contributed by atoms with Crippen LogP contribution in [0.5, 0.6) is 11.5 Å². The minimum Gasteiger partial charge on any atom is -0.493 e. The van der Waals surface area contributed by atoms with Gasteiger partial charge in [0.2, 0.25) is 0 Å². The Morgan fingerprint density at radius 2 is 1.79 bits per heavy atom. The summed E-state index contributed by atoms with van der Waals surface area (Å²) >= 11 is 0. The van der Waals surface area contributed by atoms with Gasteiger partial charge in [-0.25, -0.2) is 4.79 Å². The molecule has 2 aliphatic heterocycles. The van der Waals surface area contributed by atoms with Crippen molar-refractivity contribution in [2.45, 2.75) is 25.9 Å². The highest BCUT2D eigenvalue weighted by atomic mass is 16.5. The zero-order chi connectivity index (χ0) is 19.7. The zero-order valence-electron chi connectivity index (χ0n) is 16.8. The van der Waals surface area contributed by atoms with Gasteiger partial charge in [-0.05, 0) is 25.0 Å². The number of fused-ring (bicyclic) bond motifs is 3. The summed E-state index contributed by atoms with van der Waals surface area (Å²) in [7, 11) is 3.19. The van der Waals surface area contributed by atoms with Gasteiger partial charge in [-0.1, -0.05) is 0 Å². The molecule has 7 heteroatoms. The first kappa shape index (κ1) is 19.2. The molecule has 0 N–H and O–H groups in total. The summed E-state index contributed by atoms with van der Waals surface area (Å²) in [4.78, 5) is 17.5. The molecule has 2 aromatic rings. The van der Waals surface area contributed by atoms with Crippen LogP contribution in [0.1, 0.15) is 18.1 Å². The highest BCUT2D eigenvalue weighted by molar-refractivity contribution is 5.85. The number of benzene rings is 1. The first-order valence-corrected chi connectivity index (χ1v) is 9.85. The SMILES string of the molecule is COc1cc2oc(=O)c3c(c2cc1OC)CCN(C(C)CN1CCOCC1)C3. The lowest BCUT2D eigenvalue weighted by atomic mass is 9.96. The fraction of sp³-hybridized carbons (Fsp3) is 0.571. The largest absolute Gasteiger partial charge is 0.493 e. The van der Waals surface area contributed by atoms with Crippen LogP contribution >= 0.6 is 0 Å². The van der Waals surface area contributed by atoms with Gasteiger partial charge in [-0.3, -0.25) is 9.80 Å². The topological polar surface area (TPSA) is 64.4 Å². The van der Waals surface area contributed by atoms with Crippen molar-refractivity contribution in [1.29, 1.82) is 0 Å². The van der Waals surface area contributed by atoms with Gasteiger partial charge in [0.15, 0.2) is 11.5 Å². The van der Waals surface area contributed by atoms with E-state index in [2.05, 4.69) is 16.7 Å². The molecule has 7 nitrogen and oxygen atoms in total. The number of nitrogens with zero attached hydrogens (tertiary/aromatic N) is 2. The number of hydrogen-bond acceptors (Lipinski definition) is 7. The minimum absolute atomic E-state index is 0.252. The summed E-state index contributed by atoms with van der Waals surface area (Å²) in [6, 6.07) is 4.03. The Morgan fingerprint density at radius 1 is 1.07 bits per heavy atom. The second-order valence-electron chi connectivity index (χ2n) is 7.53. The van der Waals surface area contributed by atoms with E-state index in [4.69, 9.17) is 18.6 Å². The molecule has 3 heterocycles. The van der Waals surface area contributed by atoms with Gasteiger partial charge in [-0.2, -0.15) is 0 Å². The first-order chi connectivity index (χ1) is 13.6. The van der Waals surface area contributed by atoms with E-state index in [-0.39, 0.29) is 5.63 Å². The lowest BCUT2D eigenvalue weighted by Crippen LogP contribution is -2.48. The van der Waals surface area contributed by atoms with E-state index < -0.39 is 0 Å². The Morgan fingerprint density at radius 3 is 2.50 bits per heavy atom. The Kier molecular flexibility index (Phi) is 5.57. The molecule has 152 valence electrons. The van der Waals surface area contributed by atoms with Crippen molar-refractivity contribution in [2.24, 2.45) is 0 Å². The molecule has 0 amide bonds. The molecule has 0 aliphatic carbocycles. The van der Waals surface area contributed by atoms with Gasteiger partial charge in [-0.15, -0.1) is 0 Å². The van der Waals surface area contributed by atoms with Crippen molar-refractivity contribution in [3.63, 3.8) is 0 Å². The van der Waals surface area contributed by atoms with Gasteiger partial charge in [0.1, 0.15) is 5.58 Å². The summed E-state index contributed by atoms with van der Waals surface area (Å²) in [5.41, 5.74) is 2.14. The van der Waals surface area contributed by atoms with Gasteiger partial charge in [0, 0.05) is 50.2 Å². The van der Waals surface area contributed by atoms with Gasteiger partial charge in [0.05, 0.1) is 33.0 Å². The summed E-state index contributed by atoms with van der Waals surface area (Å²) in [5.74, 6) is 1.21. The van der Waals surface area contributed by atoms with E-state index in [0.717, 1.165) is 62.3 Å². The van der Waals surface area contributed by atoms with Crippen LogP contribution in [0.15, 0.2) is 21.3 Å². The van der Waals surface area contributed by atoms with Crippen molar-refractivity contribution >= 4 is 11.0 Å². The molecular formula is C21H28N2O5. The van der Waals surface area contributed by atoms with Crippen LogP contribution in [-0.4, -0.2) is 69.5 Å². The van der Waals surface area contributed by atoms with Crippen LogP contribution in [-0.2, 0) is 17.7 Å². The predicted molar refractivity (Wildman–Crippen MR) is 106 cm³/mol. The molecule has 1 unspecified atom stereocenters. The Balaban J connectivity index is 1.61. The summed E-state index contributed by atoms with van der Waals surface area (Å²) < 4.78 is 21.9. The van der Waals surface area contributed by atoms with Crippen molar-refractivity contribution in [2.75, 3.05) is 53.6 Å². The number of rotatable bonds is 5. The molecule has 2 aliphatic rings. The van der Waals surface area contributed by atoms with Crippen LogP contribution in [0.4, 0.5) is 0 Å². The Bertz CT molecular complexity index is 904. The molecule has 0 bridgehead atoms. The number of hydrogen-bond donors (Lipinski definition) is 0. The molecule has 1 atom stereocenters. The highest BCUT2D eigenvalue weighted by Gasteiger charge is 2.27. The first-order valence-electron chi connectivity index (χ1n) is 9.85. The summed E-state index contributed by atoms with van der Waals surface area (Å²) in [5, 5.41) is 0.938. The van der Waals surface area contributed by atoms with Crippen LogP contribution < -0.4 is 15.1 Å². The molecule has 1 fully saturated rings. The van der Waals surface area contributed by atoms with Crippen LogP contribution in [0.3, 0.4) is 0 Å². The summed E-state index contributed by atoms with van der Waals surface area (Å²) in [6.07, 6.45) is 0.820. The molecular weight excluding hydrogens is 360 g/mol. The monoisotopic (exact) mass is 388 g/mol. The van der Waals surface area contributed by atoms with Gasteiger partial charge in [0.25, 0.3) is 0 Å². The second kappa shape index (κ2) is 8.11. The van der Waals surface area contributed by atoms with Crippen molar-refractivity contribution in [3.8, 4) is 11.5 Å². The molecule has 1 aromatic heterocycles. The Hall–Kier alpha value is -2.09. The van der Waals surface area contributed by atoms with Crippen LogP contribution in [0.25, 0.3) is 11.0 Å². The lowest BCUT2D eigenvalue weighted by Gasteiger charge is -2.37. The number of methoxy groups -OCH3 is 2. The minimum atomic E-state index is -0.252. The standard InChI is InChI=1S/C21H28N2O5/c1-14(12-22-6-8-27-9-7-22)23-5-4-15-16-10-19(25-2)20(26-3)11-18(16)28-21(24)17(15)13-23/h10-11,14H,4-9,12-13H2,1-3H3. The third-order valence-electron chi connectivity index (χ3n) is 5.88. The van der Waals surface area contributed by atoms with E-state index in [9.17, 15) is 4.79 Å². The van der Waals surface area contributed by atoms with Crippen molar-refractivity contribution in [1.82, 2.24) is 9.80 Å². The molecule has 0 radical (unpaired) electrons. The predicted octanol–water partition coefficient (Wildman–Crippen LogP) is 1.89. The average Bonchev–Trinajstić information content (AvgIpc) is 2.73. The van der Waals surface area contributed by atoms with Crippen molar-refractivity contribution in [3.05, 3.63) is 33.7 Å². The molecule has 1 aromatic carbocycles. The van der Waals surface area contributed by atoms with Crippen molar-refractivity contribution < 1.29 is 18.6 Å². The molecule has 28 heavy (non-hydrogen) atoms. The van der Waals surface area contributed by atoms with Gasteiger partial charge < -0.3 is 18.6 Å². The quantitative estimate of drug-likeness (QED) is 0.725. The fourth-order valence-electron chi connectivity index (χ4n) is 4.26. The van der Waals surface area contributed by atoms with Crippen LogP contribution in [0.2, 0.25) is 0 Å². The molecule has 0 spiro atoms. The maximum absolute atomic E-state index is 12.7. The van der Waals surface area contributed by atoms with Crippen LogP contribution in [0, 0.1) is 0 Å². The smallest absolute Gasteiger partial charge is 0.341 e. The van der Waals surface area contributed by atoms with Gasteiger partial charge >= 0.3 is 5.63 Å². The van der Waals surface area contributed by atoms with E-state index in [1.807, 2.05) is 6.07 Å². The van der Waals surface area contributed by atoms with E-state index in [1.165, 1.54) is 0 Å². The third-order valence-corrected chi connectivity index (χ3v) is 5.88.